The molecule has 0 aliphatic carbocycles. The second-order valence-corrected chi connectivity index (χ2v) is 7.87. The maximum absolute atomic E-state index is 11.6. The SMILES string of the molecule is CCCCCCCCCCOc1ccc(OS(=O)(=O)N(C)C)cc1. The van der Waals surface area contributed by atoms with Crippen molar-refractivity contribution in [2.45, 2.75) is 58.3 Å². The zero-order valence-corrected chi connectivity index (χ0v) is 16.0. The summed E-state index contributed by atoms with van der Waals surface area (Å²) in [6.07, 6.45) is 10.1. The molecule has 1 rings (SSSR count). The van der Waals surface area contributed by atoms with Gasteiger partial charge in [0, 0.05) is 14.1 Å². The molecule has 0 spiro atoms. The van der Waals surface area contributed by atoms with Gasteiger partial charge < -0.3 is 8.92 Å². The minimum Gasteiger partial charge on any atom is -0.494 e. The molecule has 0 bridgehead atoms. The van der Waals surface area contributed by atoms with Gasteiger partial charge in [0.15, 0.2) is 0 Å². The van der Waals surface area contributed by atoms with E-state index in [1.165, 1.54) is 59.0 Å². The highest BCUT2D eigenvalue weighted by Gasteiger charge is 2.15. The molecule has 6 heteroatoms. The lowest BCUT2D eigenvalue weighted by Crippen LogP contribution is -2.26. The molecule has 0 saturated carbocycles. The van der Waals surface area contributed by atoms with Crippen LogP contribution in [0.4, 0.5) is 0 Å². The molecule has 0 aromatic heterocycles. The topological polar surface area (TPSA) is 55.8 Å². The van der Waals surface area contributed by atoms with E-state index in [1.807, 2.05) is 0 Å². The molecule has 5 nitrogen and oxygen atoms in total. The molecule has 138 valence electrons. The van der Waals surface area contributed by atoms with Crippen molar-refractivity contribution < 1.29 is 17.3 Å². The quantitative estimate of drug-likeness (QED) is 0.491. The molecule has 0 fully saturated rings. The Balaban J connectivity index is 2.19. The molecule has 0 saturated heterocycles. The van der Waals surface area contributed by atoms with E-state index >= 15 is 0 Å². The molecular weight excluding hydrogens is 326 g/mol. The first-order valence-corrected chi connectivity index (χ1v) is 10.2. The minimum atomic E-state index is -3.71. The van der Waals surface area contributed by atoms with Crippen molar-refractivity contribution in [1.82, 2.24) is 4.31 Å². The highest BCUT2D eigenvalue weighted by Crippen LogP contribution is 2.20. The van der Waals surface area contributed by atoms with Crippen molar-refractivity contribution in [2.24, 2.45) is 0 Å². The monoisotopic (exact) mass is 357 g/mol. The average molecular weight is 358 g/mol. The third-order valence-corrected chi connectivity index (χ3v) is 5.04. The summed E-state index contributed by atoms with van der Waals surface area (Å²) in [6.45, 7) is 2.92. The van der Waals surface area contributed by atoms with Crippen molar-refractivity contribution in [1.29, 1.82) is 0 Å². The van der Waals surface area contributed by atoms with Gasteiger partial charge in [-0.2, -0.15) is 12.7 Å². The minimum absolute atomic E-state index is 0.281. The van der Waals surface area contributed by atoms with Crippen molar-refractivity contribution in [3.8, 4) is 11.5 Å². The van der Waals surface area contributed by atoms with E-state index in [0.717, 1.165) is 16.5 Å². The van der Waals surface area contributed by atoms with Gasteiger partial charge in [0.05, 0.1) is 6.61 Å². The summed E-state index contributed by atoms with van der Waals surface area (Å²) < 4.78 is 34.9. The van der Waals surface area contributed by atoms with Crippen molar-refractivity contribution in [2.75, 3.05) is 20.7 Å². The van der Waals surface area contributed by atoms with Crippen LogP contribution in [0.2, 0.25) is 0 Å². The zero-order chi connectivity index (χ0) is 17.8. The third-order valence-electron chi connectivity index (χ3n) is 3.74. The Morgan fingerprint density at radius 2 is 1.33 bits per heavy atom. The predicted molar refractivity (Wildman–Crippen MR) is 97.8 cm³/mol. The first kappa shape index (κ1) is 20.8. The van der Waals surface area contributed by atoms with E-state index in [-0.39, 0.29) is 5.75 Å². The highest BCUT2D eigenvalue weighted by molar-refractivity contribution is 7.84. The van der Waals surface area contributed by atoms with Crippen LogP contribution in [0.1, 0.15) is 58.3 Å². The number of hydrogen-bond donors (Lipinski definition) is 0. The lowest BCUT2D eigenvalue weighted by molar-refractivity contribution is 0.304. The van der Waals surface area contributed by atoms with Gasteiger partial charge in [0.2, 0.25) is 0 Å². The van der Waals surface area contributed by atoms with Crippen molar-refractivity contribution >= 4 is 10.3 Å². The Kier molecular flexibility index (Phi) is 9.79. The number of hydrogen-bond acceptors (Lipinski definition) is 4. The van der Waals surface area contributed by atoms with E-state index in [9.17, 15) is 8.42 Å². The van der Waals surface area contributed by atoms with Gasteiger partial charge in [-0.3, -0.25) is 0 Å². The van der Waals surface area contributed by atoms with Crippen LogP contribution in [0.5, 0.6) is 11.5 Å². The number of rotatable bonds is 13. The standard InChI is InChI=1S/C18H31NO4S/c1-4-5-6-7-8-9-10-11-16-22-17-12-14-18(15-13-17)23-24(20,21)19(2)3/h12-15H,4-11,16H2,1-3H3. The fourth-order valence-corrected chi connectivity index (χ4v) is 2.72. The highest BCUT2D eigenvalue weighted by atomic mass is 32.2. The molecule has 1 aromatic rings. The molecule has 0 amide bonds. The van der Waals surface area contributed by atoms with Gasteiger partial charge in [-0.15, -0.1) is 0 Å². The van der Waals surface area contributed by atoms with E-state index in [0.29, 0.717) is 6.61 Å². The molecule has 0 heterocycles. The lowest BCUT2D eigenvalue weighted by atomic mass is 10.1. The smallest absolute Gasteiger partial charge is 0.384 e. The van der Waals surface area contributed by atoms with Crippen LogP contribution in [0, 0.1) is 0 Å². The fraction of sp³-hybridized carbons (Fsp3) is 0.667. The Bertz CT molecular complexity index is 541. The summed E-state index contributed by atoms with van der Waals surface area (Å²) >= 11 is 0. The number of unbranched alkanes of at least 4 members (excludes halogenated alkanes) is 7. The van der Waals surface area contributed by atoms with Crippen molar-refractivity contribution in [3.05, 3.63) is 24.3 Å². The van der Waals surface area contributed by atoms with E-state index in [2.05, 4.69) is 6.92 Å². The molecular formula is C18H31NO4S. The Hall–Kier alpha value is -1.27. The molecule has 24 heavy (non-hydrogen) atoms. The zero-order valence-electron chi connectivity index (χ0n) is 15.2. The van der Waals surface area contributed by atoms with Crippen LogP contribution in [-0.4, -0.2) is 33.4 Å². The second kappa shape index (κ2) is 11.3. The largest absolute Gasteiger partial charge is 0.494 e. The van der Waals surface area contributed by atoms with Gasteiger partial charge >= 0.3 is 10.3 Å². The molecule has 0 unspecified atom stereocenters. The van der Waals surface area contributed by atoms with E-state index in [4.69, 9.17) is 8.92 Å². The normalized spacial score (nSPS) is 11.7. The van der Waals surface area contributed by atoms with Gasteiger partial charge in [-0.25, -0.2) is 0 Å². The summed E-state index contributed by atoms with van der Waals surface area (Å²) in [5.41, 5.74) is 0. The Labute approximate surface area is 147 Å². The van der Waals surface area contributed by atoms with Gasteiger partial charge in [0.25, 0.3) is 0 Å². The molecule has 0 radical (unpaired) electrons. The van der Waals surface area contributed by atoms with Crippen LogP contribution in [0.25, 0.3) is 0 Å². The second-order valence-electron chi connectivity index (χ2n) is 6.12. The number of nitrogens with zero attached hydrogens (tertiary/aromatic N) is 1. The van der Waals surface area contributed by atoms with Gasteiger partial charge in [-0.1, -0.05) is 51.9 Å². The van der Waals surface area contributed by atoms with Crippen molar-refractivity contribution in [3.63, 3.8) is 0 Å². The summed E-state index contributed by atoms with van der Waals surface area (Å²) in [5, 5.41) is 0. The van der Waals surface area contributed by atoms with Gasteiger partial charge in [-0.05, 0) is 30.7 Å². The summed E-state index contributed by atoms with van der Waals surface area (Å²) in [5.74, 6) is 1.01. The summed E-state index contributed by atoms with van der Waals surface area (Å²) in [4.78, 5) is 0. The Morgan fingerprint density at radius 3 is 1.88 bits per heavy atom. The maximum Gasteiger partial charge on any atom is 0.384 e. The molecule has 0 aliphatic heterocycles. The number of benzene rings is 1. The van der Waals surface area contributed by atoms with Crippen LogP contribution in [-0.2, 0) is 10.3 Å². The lowest BCUT2D eigenvalue weighted by Gasteiger charge is -2.12. The summed E-state index contributed by atoms with van der Waals surface area (Å²) in [6, 6.07) is 6.66. The van der Waals surface area contributed by atoms with Crippen LogP contribution in [0.15, 0.2) is 24.3 Å². The summed E-state index contributed by atoms with van der Waals surface area (Å²) in [7, 11) is -0.853. The maximum atomic E-state index is 11.6. The first-order chi connectivity index (χ1) is 11.5. The molecule has 0 N–H and O–H groups in total. The third kappa shape index (κ3) is 8.55. The molecule has 0 aliphatic rings. The average Bonchev–Trinajstić information content (AvgIpc) is 2.54. The van der Waals surface area contributed by atoms with Crippen LogP contribution in [0.3, 0.4) is 0 Å². The van der Waals surface area contributed by atoms with Gasteiger partial charge in [0.1, 0.15) is 11.5 Å². The number of ether oxygens (including phenoxy) is 1. The Morgan fingerprint density at radius 1 is 0.833 bits per heavy atom. The van der Waals surface area contributed by atoms with Crippen LogP contribution >= 0.6 is 0 Å². The first-order valence-electron chi connectivity index (χ1n) is 8.80. The van der Waals surface area contributed by atoms with E-state index < -0.39 is 10.3 Å². The predicted octanol–water partition coefficient (Wildman–Crippen LogP) is 4.39. The fourth-order valence-electron chi connectivity index (χ4n) is 2.21. The molecule has 1 aromatic carbocycles. The van der Waals surface area contributed by atoms with Crippen LogP contribution < -0.4 is 8.92 Å². The van der Waals surface area contributed by atoms with E-state index in [1.54, 1.807) is 24.3 Å². The molecule has 0 atom stereocenters.